The van der Waals surface area contributed by atoms with E-state index in [2.05, 4.69) is 47.6 Å². The third-order valence-corrected chi connectivity index (χ3v) is 4.24. The molecule has 1 aromatic heterocycles. The van der Waals surface area contributed by atoms with E-state index in [0.29, 0.717) is 6.61 Å². The summed E-state index contributed by atoms with van der Waals surface area (Å²) in [6, 6.07) is 18.2. The van der Waals surface area contributed by atoms with Gasteiger partial charge >= 0.3 is 0 Å². The summed E-state index contributed by atoms with van der Waals surface area (Å²) in [6.45, 7) is 4.31. The van der Waals surface area contributed by atoms with Crippen molar-refractivity contribution in [2.45, 2.75) is 26.6 Å². The summed E-state index contributed by atoms with van der Waals surface area (Å²) in [4.78, 5) is 4.15. The SMILES string of the molecule is Cc1ccc(COc2ccc(Cl)cc2C[NH2+]Cc2cccnc2)cc1. The van der Waals surface area contributed by atoms with Crippen LogP contribution in [0.25, 0.3) is 0 Å². The van der Waals surface area contributed by atoms with Gasteiger partial charge in [-0.3, -0.25) is 4.98 Å². The first-order valence-electron chi connectivity index (χ1n) is 8.38. The Hall–Kier alpha value is -2.36. The van der Waals surface area contributed by atoms with Gasteiger partial charge in [0.15, 0.2) is 0 Å². The number of pyridine rings is 1. The molecule has 0 aliphatic rings. The molecule has 0 saturated heterocycles. The molecule has 0 aliphatic heterocycles. The van der Waals surface area contributed by atoms with E-state index < -0.39 is 0 Å². The molecule has 1 heterocycles. The number of nitrogens with two attached hydrogens (primary N) is 1. The number of aryl methyl sites for hydroxylation is 1. The Morgan fingerprint density at radius 2 is 1.84 bits per heavy atom. The number of hydrogen-bond donors (Lipinski definition) is 1. The summed E-state index contributed by atoms with van der Waals surface area (Å²) in [5, 5.41) is 2.95. The molecule has 0 saturated carbocycles. The fourth-order valence-corrected chi connectivity index (χ4v) is 2.80. The Morgan fingerprint density at radius 1 is 1.00 bits per heavy atom. The van der Waals surface area contributed by atoms with Crippen LogP contribution in [0.5, 0.6) is 5.75 Å². The second kappa shape index (κ2) is 8.65. The molecule has 4 heteroatoms. The van der Waals surface area contributed by atoms with Gasteiger partial charge < -0.3 is 10.1 Å². The van der Waals surface area contributed by atoms with Gasteiger partial charge in [-0.1, -0.05) is 47.5 Å². The van der Waals surface area contributed by atoms with Crippen LogP contribution in [-0.2, 0) is 19.7 Å². The van der Waals surface area contributed by atoms with Crippen molar-refractivity contribution in [1.82, 2.24) is 4.98 Å². The molecule has 3 nitrogen and oxygen atoms in total. The van der Waals surface area contributed by atoms with E-state index in [1.54, 1.807) is 6.20 Å². The Bertz CT molecular complexity index is 804. The van der Waals surface area contributed by atoms with Gasteiger partial charge in [-0.15, -0.1) is 0 Å². The second-order valence-electron chi connectivity index (χ2n) is 6.08. The van der Waals surface area contributed by atoms with Crippen LogP contribution in [0.15, 0.2) is 67.0 Å². The Labute approximate surface area is 153 Å². The molecule has 3 aromatic rings. The molecule has 2 N–H and O–H groups in total. The number of hydrogen-bond acceptors (Lipinski definition) is 2. The summed E-state index contributed by atoms with van der Waals surface area (Å²) in [5.74, 6) is 0.882. The molecule has 0 bridgehead atoms. The van der Waals surface area contributed by atoms with Crippen LogP contribution in [0.1, 0.15) is 22.3 Å². The average molecular weight is 354 g/mol. The maximum absolute atomic E-state index is 6.17. The quantitative estimate of drug-likeness (QED) is 0.700. The van der Waals surface area contributed by atoms with Crippen LogP contribution in [0.4, 0.5) is 0 Å². The molecule has 0 amide bonds. The third-order valence-electron chi connectivity index (χ3n) is 4.00. The van der Waals surface area contributed by atoms with E-state index in [0.717, 1.165) is 35.0 Å². The molecule has 0 aliphatic carbocycles. The van der Waals surface area contributed by atoms with Gasteiger partial charge in [-0.25, -0.2) is 0 Å². The van der Waals surface area contributed by atoms with Crippen LogP contribution in [0, 0.1) is 6.92 Å². The van der Waals surface area contributed by atoms with E-state index in [1.165, 1.54) is 11.1 Å². The van der Waals surface area contributed by atoms with Crippen molar-refractivity contribution in [2.75, 3.05) is 0 Å². The highest BCUT2D eigenvalue weighted by atomic mass is 35.5. The lowest BCUT2D eigenvalue weighted by molar-refractivity contribution is -0.686. The number of rotatable bonds is 7. The molecule has 3 rings (SSSR count). The first kappa shape index (κ1) is 17.5. The van der Waals surface area contributed by atoms with Gasteiger partial charge in [0.1, 0.15) is 25.4 Å². The van der Waals surface area contributed by atoms with E-state index in [9.17, 15) is 0 Å². The van der Waals surface area contributed by atoms with Gasteiger partial charge in [-0.05, 0) is 36.8 Å². The Kier molecular flexibility index (Phi) is 6.04. The van der Waals surface area contributed by atoms with Crippen LogP contribution >= 0.6 is 11.6 Å². The molecule has 0 unspecified atom stereocenters. The van der Waals surface area contributed by atoms with Gasteiger partial charge in [0, 0.05) is 28.5 Å². The van der Waals surface area contributed by atoms with Gasteiger partial charge in [0.25, 0.3) is 0 Å². The van der Waals surface area contributed by atoms with Crippen molar-refractivity contribution in [3.05, 3.63) is 94.3 Å². The largest absolute Gasteiger partial charge is 0.488 e. The first-order chi connectivity index (χ1) is 12.2. The van der Waals surface area contributed by atoms with Crippen molar-refractivity contribution in [3.63, 3.8) is 0 Å². The minimum absolute atomic E-state index is 0.553. The zero-order valence-corrected chi connectivity index (χ0v) is 15.0. The van der Waals surface area contributed by atoms with Crippen molar-refractivity contribution in [2.24, 2.45) is 0 Å². The zero-order chi connectivity index (χ0) is 17.5. The molecule has 0 atom stereocenters. The summed E-state index contributed by atoms with van der Waals surface area (Å²) in [6.07, 6.45) is 3.68. The maximum Gasteiger partial charge on any atom is 0.128 e. The fourth-order valence-electron chi connectivity index (χ4n) is 2.61. The van der Waals surface area contributed by atoms with Crippen molar-refractivity contribution < 1.29 is 10.1 Å². The molecule has 0 radical (unpaired) electrons. The van der Waals surface area contributed by atoms with Crippen LogP contribution in [0.3, 0.4) is 0 Å². The normalized spacial score (nSPS) is 10.6. The number of aromatic nitrogens is 1. The first-order valence-corrected chi connectivity index (χ1v) is 8.76. The minimum Gasteiger partial charge on any atom is -0.488 e. The number of nitrogens with zero attached hydrogens (tertiary/aromatic N) is 1. The molecule has 25 heavy (non-hydrogen) atoms. The maximum atomic E-state index is 6.17. The van der Waals surface area contributed by atoms with E-state index >= 15 is 0 Å². The fraction of sp³-hybridized carbons (Fsp3) is 0.190. The molecular weight excluding hydrogens is 332 g/mol. The number of quaternary nitrogens is 1. The molecule has 2 aromatic carbocycles. The highest BCUT2D eigenvalue weighted by Crippen LogP contribution is 2.23. The third kappa shape index (κ3) is 5.31. The standard InChI is InChI=1S/C21H21ClN2O/c1-16-4-6-17(7-5-16)15-25-21-9-8-20(22)11-19(21)14-24-13-18-3-2-10-23-12-18/h2-12,24H,13-15H2,1H3/p+1. The number of ether oxygens (including phenoxy) is 1. The van der Waals surface area contributed by atoms with Crippen LogP contribution in [0.2, 0.25) is 5.02 Å². The minimum atomic E-state index is 0.553. The van der Waals surface area contributed by atoms with Gasteiger partial charge in [0.05, 0.1) is 0 Å². The van der Waals surface area contributed by atoms with Crippen molar-refractivity contribution >= 4 is 11.6 Å². The smallest absolute Gasteiger partial charge is 0.128 e. The van der Waals surface area contributed by atoms with Crippen LogP contribution in [-0.4, -0.2) is 4.98 Å². The number of halogens is 1. The van der Waals surface area contributed by atoms with E-state index in [4.69, 9.17) is 16.3 Å². The summed E-state index contributed by atoms with van der Waals surface area (Å²) in [7, 11) is 0. The predicted octanol–water partition coefficient (Wildman–Crippen LogP) is 3.89. The lowest BCUT2D eigenvalue weighted by Crippen LogP contribution is -2.80. The van der Waals surface area contributed by atoms with Gasteiger partial charge in [-0.2, -0.15) is 0 Å². The summed E-state index contributed by atoms with van der Waals surface area (Å²) >= 11 is 6.17. The molecular formula is C21H22ClN2O+. The monoisotopic (exact) mass is 353 g/mol. The molecule has 128 valence electrons. The molecule has 0 fully saturated rings. The highest BCUT2D eigenvalue weighted by molar-refractivity contribution is 6.30. The second-order valence-corrected chi connectivity index (χ2v) is 6.52. The number of benzene rings is 2. The lowest BCUT2D eigenvalue weighted by Gasteiger charge is -2.12. The highest BCUT2D eigenvalue weighted by Gasteiger charge is 2.08. The van der Waals surface area contributed by atoms with Crippen molar-refractivity contribution in [3.8, 4) is 5.75 Å². The lowest BCUT2D eigenvalue weighted by atomic mass is 10.1. The average Bonchev–Trinajstić information content (AvgIpc) is 2.63. The van der Waals surface area contributed by atoms with Crippen molar-refractivity contribution in [1.29, 1.82) is 0 Å². The van der Waals surface area contributed by atoms with E-state index in [1.807, 2.05) is 30.5 Å². The van der Waals surface area contributed by atoms with Crippen LogP contribution < -0.4 is 10.1 Å². The summed E-state index contributed by atoms with van der Waals surface area (Å²) in [5.41, 5.74) is 4.71. The summed E-state index contributed by atoms with van der Waals surface area (Å²) < 4.78 is 6.03. The predicted molar refractivity (Wildman–Crippen MR) is 101 cm³/mol. The van der Waals surface area contributed by atoms with E-state index in [-0.39, 0.29) is 0 Å². The zero-order valence-electron chi connectivity index (χ0n) is 14.3. The Morgan fingerprint density at radius 3 is 2.60 bits per heavy atom. The Balaban J connectivity index is 1.62. The molecule has 0 spiro atoms. The topological polar surface area (TPSA) is 38.7 Å². The van der Waals surface area contributed by atoms with Gasteiger partial charge in [0.2, 0.25) is 0 Å².